The van der Waals surface area contributed by atoms with Crippen LogP contribution in [0.5, 0.6) is 11.5 Å². The molecule has 12 rings (SSSR count). The lowest BCUT2D eigenvalue weighted by Crippen LogP contribution is -2.77. The maximum absolute atomic E-state index is 7.13. The summed E-state index contributed by atoms with van der Waals surface area (Å²) in [6.45, 7) is 21.3. The van der Waals surface area contributed by atoms with Gasteiger partial charge in [-0.3, -0.25) is 4.90 Å². The van der Waals surface area contributed by atoms with Crippen LogP contribution in [0.3, 0.4) is 0 Å². The normalized spacial score (nSPS) is 13.9. The van der Waals surface area contributed by atoms with E-state index in [-0.39, 0.29) is 16.2 Å². The van der Waals surface area contributed by atoms with Crippen molar-refractivity contribution < 1.29 is 4.74 Å². The van der Waals surface area contributed by atoms with Crippen molar-refractivity contribution in [2.45, 2.75) is 78.6 Å². The molecule has 0 bridgehead atoms. The van der Waals surface area contributed by atoms with Gasteiger partial charge >= 0.3 is 0 Å². The zero-order valence-corrected chi connectivity index (χ0v) is 47.4. The van der Waals surface area contributed by atoms with Crippen LogP contribution < -0.4 is 40.2 Å². The fraction of sp³-hybridized carbons (Fsp3) is 0.181. The number of ether oxygens (including phenoxy) is 1. The number of hydrogen-bond acceptors (Lipinski definition) is 5. The molecular formula is C72H68N4OSi. The average Bonchev–Trinajstić information content (AvgIpc) is 3.56. The van der Waals surface area contributed by atoms with Crippen molar-refractivity contribution in [3.63, 3.8) is 0 Å². The minimum Gasteiger partial charge on any atom is -0.457 e. The van der Waals surface area contributed by atoms with Gasteiger partial charge in [-0.25, -0.2) is 4.98 Å². The molecule has 10 aromatic rings. The highest BCUT2D eigenvalue weighted by atomic mass is 28.3. The van der Waals surface area contributed by atoms with Crippen LogP contribution in [0.4, 0.5) is 39.9 Å². The van der Waals surface area contributed by atoms with Gasteiger partial charge in [-0.15, -0.1) is 0 Å². The molecule has 0 amide bonds. The van der Waals surface area contributed by atoms with Crippen molar-refractivity contribution in [1.82, 2.24) is 4.98 Å². The Morgan fingerprint density at radius 2 is 0.923 bits per heavy atom. The van der Waals surface area contributed by atoms with Gasteiger partial charge in [0.25, 0.3) is 0 Å². The fourth-order valence-corrected chi connectivity index (χ4v) is 16.9. The summed E-state index contributed by atoms with van der Waals surface area (Å²) in [4.78, 5) is 12.5. The molecule has 0 saturated heterocycles. The highest BCUT2D eigenvalue weighted by Crippen LogP contribution is 2.51. The first-order chi connectivity index (χ1) is 37.6. The van der Waals surface area contributed by atoms with Gasteiger partial charge in [0.15, 0.2) is 8.07 Å². The highest BCUT2D eigenvalue weighted by Gasteiger charge is 2.49. The van der Waals surface area contributed by atoms with Gasteiger partial charge in [-0.05, 0) is 113 Å². The largest absolute Gasteiger partial charge is 0.457 e. The quantitative estimate of drug-likeness (QED) is 0.135. The lowest BCUT2D eigenvalue weighted by molar-refractivity contribution is 0.483. The van der Waals surface area contributed by atoms with Gasteiger partial charge in [0, 0.05) is 40.8 Å². The Labute approximate surface area is 463 Å². The van der Waals surface area contributed by atoms with Crippen molar-refractivity contribution in [3.05, 3.63) is 253 Å². The van der Waals surface area contributed by atoms with Crippen LogP contribution >= 0.6 is 0 Å². The maximum atomic E-state index is 7.13. The number of para-hydroxylation sites is 4. The van der Waals surface area contributed by atoms with E-state index in [4.69, 9.17) is 9.72 Å². The van der Waals surface area contributed by atoms with E-state index >= 15 is 0 Å². The summed E-state index contributed by atoms with van der Waals surface area (Å²) in [5, 5.41) is 5.26. The second-order valence-electron chi connectivity index (χ2n) is 24.1. The lowest BCUT2D eigenvalue weighted by atomic mass is 9.78. The molecule has 5 nitrogen and oxygen atoms in total. The first-order valence-electron chi connectivity index (χ1n) is 27.5. The summed E-state index contributed by atoms with van der Waals surface area (Å²) in [5.41, 5.74) is 15.3. The van der Waals surface area contributed by atoms with Crippen LogP contribution in [-0.4, -0.2) is 19.7 Å². The predicted molar refractivity (Wildman–Crippen MR) is 332 cm³/mol. The third-order valence-corrected chi connectivity index (χ3v) is 20.8. The van der Waals surface area contributed by atoms with E-state index in [1.54, 1.807) is 0 Å². The standard InChI is InChI=1S/C72H68N4OSi/c1-70(2,3)52-41-42-73-68(46-52)76-64-37-21-22-38-66(64)78(58-29-15-11-16-30-58,59-31-17-12-18-32-59)67-40-39-57(48-65(67)76)77-56-28-23-27-55(47-56)74-49-75(63-36-20-19-35-62(63)74)69-60(50-25-13-10-14-26-50)33-24-34-61(69)51-43-53(71(4,5)6)45-54(44-51)72(7,8)9/h10-48H,49H2,1-9H3. The molecular weight excluding hydrogens is 965 g/mol. The zero-order chi connectivity index (χ0) is 54.0. The van der Waals surface area contributed by atoms with Crippen molar-refractivity contribution >= 4 is 68.8 Å². The number of nitrogens with zero attached hydrogens (tertiary/aromatic N) is 4. The highest BCUT2D eigenvalue weighted by molar-refractivity contribution is 7.21. The number of pyridine rings is 1. The summed E-state index contributed by atoms with van der Waals surface area (Å²) in [7, 11) is -2.92. The van der Waals surface area contributed by atoms with E-state index in [1.807, 2.05) is 6.20 Å². The first kappa shape index (κ1) is 50.4. The molecule has 0 spiro atoms. The number of fused-ring (bicyclic) bond motifs is 3. The minimum atomic E-state index is -2.92. The fourth-order valence-electron chi connectivity index (χ4n) is 11.8. The van der Waals surface area contributed by atoms with E-state index in [1.165, 1.54) is 65.4 Å². The lowest BCUT2D eigenvalue weighted by Gasteiger charge is -2.44. The van der Waals surface area contributed by atoms with Gasteiger partial charge in [0.1, 0.15) is 24.0 Å². The van der Waals surface area contributed by atoms with E-state index < -0.39 is 8.07 Å². The van der Waals surface area contributed by atoms with E-state index in [9.17, 15) is 0 Å². The summed E-state index contributed by atoms with van der Waals surface area (Å²) in [5.74, 6) is 2.39. The van der Waals surface area contributed by atoms with Crippen LogP contribution in [0, 0.1) is 0 Å². The molecule has 0 aliphatic carbocycles. The van der Waals surface area contributed by atoms with Gasteiger partial charge in [-0.2, -0.15) is 0 Å². The van der Waals surface area contributed by atoms with E-state index in [2.05, 4.69) is 308 Å². The van der Waals surface area contributed by atoms with E-state index in [0.29, 0.717) is 6.67 Å². The van der Waals surface area contributed by atoms with Gasteiger partial charge in [-0.1, -0.05) is 232 Å². The molecule has 78 heavy (non-hydrogen) atoms. The number of rotatable bonds is 9. The Kier molecular flexibility index (Phi) is 12.6. The van der Waals surface area contributed by atoms with Crippen LogP contribution in [0.2, 0.25) is 0 Å². The summed E-state index contributed by atoms with van der Waals surface area (Å²) in [6, 6.07) is 84.9. The van der Waals surface area contributed by atoms with Crippen LogP contribution in [0.15, 0.2) is 237 Å². The topological polar surface area (TPSA) is 31.8 Å². The minimum absolute atomic E-state index is 0.0346. The molecule has 0 unspecified atom stereocenters. The molecule has 0 N–H and O–H groups in total. The summed E-state index contributed by atoms with van der Waals surface area (Å²) >= 11 is 0. The van der Waals surface area contributed by atoms with Gasteiger partial charge in [0.2, 0.25) is 0 Å². The zero-order valence-electron chi connectivity index (χ0n) is 46.4. The Morgan fingerprint density at radius 3 is 1.55 bits per heavy atom. The van der Waals surface area contributed by atoms with Gasteiger partial charge < -0.3 is 14.5 Å². The Balaban J connectivity index is 0.978. The monoisotopic (exact) mass is 1030 g/mol. The number of benzene rings is 9. The Hall–Kier alpha value is -8.45. The van der Waals surface area contributed by atoms with Crippen molar-refractivity contribution in [2.24, 2.45) is 0 Å². The molecule has 0 radical (unpaired) electrons. The second kappa shape index (κ2) is 19.5. The van der Waals surface area contributed by atoms with Crippen molar-refractivity contribution in [1.29, 1.82) is 0 Å². The third kappa shape index (κ3) is 8.98. The molecule has 6 heteroatoms. The Bertz CT molecular complexity index is 3760. The van der Waals surface area contributed by atoms with Crippen molar-refractivity contribution in [2.75, 3.05) is 21.4 Å². The number of anilines is 7. The summed E-state index contributed by atoms with van der Waals surface area (Å²) < 4.78 is 7.13. The average molecular weight is 1030 g/mol. The molecule has 0 saturated carbocycles. The second-order valence-corrected chi connectivity index (χ2v) is 27.9. The Morgan fingerprint density at radius 1 is 0.397 bits per heavy atom. The molecule has 1 aromatic heterocycles. The van der Waals surface area contributed by atoms with E-state index in [0.717, 1.165) is 45.8 Å². The first-order valence-corrected chi connectivity index (χ1v) is 29.5. The van der Waals surface area contributed by atoms with Crippen LogP contribution in [0.1, 0.15) is 79.0 Å². The maximum Gasteiger partial charge on any atom is 0.184 e. The summed E-state index contributed by atoms with van der Waals surface area (Å²) in [6.07, 6.45) is 1.96. The molecule has 386 valence electrons. The molecule has 0 fully saturated rings. The molecule has 9 aromatic carbocycles. The predicted octanol–water partition coefficient (Wildman–Crippen LogP) is 16.5. The number of aromatic nitrogens is 1. The molecule has 2 aliphatic rings. The van der Waals surface area contributed by atoms with Crippen LogP contribution in [-0.2, 0) is 16.2 Å². The molecule has 0 atom stereocenters. The van der Waals surface area contributed by atoms with Crippen LogP contribution in [0.25, 0.3) is 22.3 Å². The number of hydrogen-bond donors (Lipinski definition) is 0. The van der Waals surface area contributed by atoms with Gasteiger partial charge in [0.05, 0.1) is 22.7 Å². The molecule has 3 heterocycles. The third-order valence-electron chi connectivity index (χ3n) is 15.9. The smallest absolute Gasteiger partial charge is 0.184 e. The molecule has 2 aliphatic heterocycles. The van der Waals surface area contributed by atoms with Crippen molar-refractivity contribution in [3.8, 4) is 33.8 Å². The SMILES string of the molecule is CC(C)(C)c1cc(-c2cccc(-c3ccccc3)c2N2CN(c3cccc(Oc4ccc5c(c4)N(c4cc(C(C)(C)C)ccn4)c4ccccc4[Si]5(c4ccccc4)c4ccccc4)c3)c3ccccc32)cc(C(C)(C)C)c1.